The lowest BCUT2D eigenvalue weighted by molar-refractivity contribution is -0.118. The Morgan fingerprint density at radius 3 is 2.76 bits per heavy atom. The molecule has 0 unspecified atom stereocenters. The van der Waals surface area contributed by atoms with Crippen molar-refractivity contribution in [1.29, 1.82) is 0 Å². The highest BCUT2D eigenvalue weighted by Gasteiger charge is 2.15. The fourth-order valence-electron chi connectivity index (χ4n) is 3.01. The van der Waals surface area contributed by atoms with Crippen LogP contribution in [0.15, 0.2) is 63.9 Å². The Hall–Kier alpha value is -4.18. The maximum Gasteiger partial charge on any atom is 0.338 e. The lowest BCUT2D eigenvalue weighted by atomic mass is 10.2. The number of aryl methyl sites for hydroxylation is 1. The topological polar surface area (TPSA) is 112 Å². The number of benzene rings is 2. The van der Waals surface area contributed by atoms with Gasteiger partial charge in [0.25, 0.3) is 11.5 Å². The summed E-state index contributed by atoms with van der Waals surface area (Å²) in [7, 11) is 0. The van der Waals surface area contributed by atoms with Gasteiger partial charge < -0.3 is 19.3 Å². The first-order chi connectivity index (χ1) is 16.3. The number of nitrogens with zero attached hydrogens (tertiary/aromatic N) is 2. The highest BCUT2D eigenvalue weighted by molar-refractivity contribution is 6.33. The Kier molecular flexibility index (Phi) is 6.60. The molecule has 2 aromatic carbocycles. The normalized spacial score (nSPS) is 10.8. The third-order valence-corrected chi connectivity index (χ3v) is 4.88. The average molecular weight is 486 g/mol. The molecule has 9 nitrogen and oxygen atoms in total. The second kappa shape index (κ2) is 9.75. The number of hydrogen-bond acceptors (Lipinski definition) is 7. The molecule has 0 aliphatic heterocycles. The van der Waals surface area contributed by atoms with E-state index < -0.39 is 29.9 Å². The second-order valence-electron chi connectivity index (χ2n) is 7.12. The van der Waals surface area contributed by atoms with Gasteiger partial charge in [0.05, 0.1) is 22.0 Å². The zero-order valence-electron chi connectivity index (χ0n) is 17.7. The van der Waals surface area contributed by atoms with Gasteiger partial charge in [0.15, 0.2) is 23.8 Å². The molecule has 0 aliphatic rings. The molecule has 2 aromatic heterocycles. The van der Waals surface area contributed by atoms with E-state index in [1.54, 1.807) is 19.1 Å². The SMILES string of the molecule is Cc1cc2nc(COC(=O)c3ccc(Cl)c(NC(=O)COc4ccccc4F)c3)cc(=O)n2o1. The predicted molar refractivity (Wildman–Crippen MR) is 120 cm³/mol. The van der Waals surface area contributed by atoms with E-state index in [4.69, 9.17) is 25.6 Å². The molecule has 0 saturated carbocycles. The number of ether oxygens (including phenoxy) is 2. The van der Waals surface area contributed by atoms with Crippen LogP contribution in [0.2, 0.25) is 5.02 Å². The average Bonchev–Trinajstić information content (AvgIpc) is 3.19. The van der Waals surface area contributed by atoms with Crippen LogP contribution in [0.1, 0.15) is 21.8 Å². The van der Waals surface area contributed by atoms with Crippen LogP contribution in [-0.4, -0.2) is 28.0 Å². The largest absolute Gasteiger partial charge is 0.481 e. The van der Waals surface area contributed by atoms with Gasteiger partial charge in [-0.2, -0.15) is 0 Å². The highest BCUT2D eigenvalue weighted by Crippen LogP contribution is 2.24. The monoisotopic (exact) mass is 485 g/mol. The number of aromatic nitrogens is 2. The molecule has 2 heterocycles. The van der Waals surface area contributed by atoms with Crippen LogP contribution in [0, 0.1) is 12.7 Å². The summed E-state index contributed by atoms with van der Waals surface area (Å²) >= 11 is 6.11. The van der Waals surface area contributed by atoms with E-state index in [1.807, 2.05) is 0 Å². The van der Waals surface area contributed by atoms with Crippen molar-refractivity contribution in [1.82, 2.24) is 9.56 Å². The Balaban J connectivity index is 1.40. The van der Waals surface area contributed by atoms with Gasteiger partial charge in [-0.25, -0.2) is 14.2 Å². The summed E-state index contributed by atoms with van der Waals surface area (Å²) in [5.41, 5.74) is 0.340. The second-order valence-corrected chi connectivity index (χ2v) is 7.53. The number of nitrogens with one attached hydrogen (secondary N) is 1. The molecule has 0 fully saturated rings. The van der Waals surface area contributed by atoms with Crippen molar-refractivity contribution < 1.29 is 28.0 Å². The van der Waals surface area contributed by atoms with Crippen LogP contribution in [0.3, 0.4) is 0 Å². The van der Waals surface area contributed by atoms with E-state index in [0.717, 1.165) is 4.57 Å². The zero-order valence-corrected chi connectivity index (χ0v) is 18.5. The minimum atomic E-state index is -0.722. The van der Waals surface area contributed by atoms with E-state index in [1.165, 1.54) is 42.5 Å². The molecular formula is C23H17ClFN3O6. The first-order valence-corrected chi connectivity index (χ1v) is 10.3. The number of hydrogen-bond donors (Lipinski definition) is 1. The van der Waals surface area contributed by atoms with E-state index >= 15 is 0 Å². The van der Waals surface area contributed by atoms with E-state index in [-0.39, 0.29) is 34.3 Å². The molecule has 0 atom stereocenters. The van der Waals surface area contributed by atoms with Crippen molar-refractivity contribution in [3.63, 3.8) is 0 Å². The molecule has 1 N–H and O–H groups in total. The van der Waals surface area contributed by atoms with Gasteiger partial charge in [0, 0.05) is 12.1 Å². The van der Waals surface area contributed by atoms with Crippen LogP contribution >= 0.6 is 11.6 Å². The number of fused-ring (bicyclic) bond motifs is 1. The molecule has 0 aliphatic carbocycles. The summed E-state index contributed by atoms with van der Waals surface area (Å²) in [5, 5.41) is 2.68. The van der Waals surface area contributed by atoms with Gasteiger partial charge in [-0.15, -0.1) is 4.57 Å². The van der Waals surface area contributed by atoms with E-state index in [9.17, 15) is 18.8 Å². The summed E-state index contributed by atoms with van der Waals surface area (Å²) in [6.45, 7) is 0.954. The number of halogens is 2. The van der Waals surface area contributed by atoms with Crippen molar-refractivity contribution in [2.45, 2.75) is 13.5 Å². The van der Waals surface area contributed by atoms with Gasteiger partial charge in [-0.1, -0.05) is 23.7 Å². The number of anilines is 1. The number of rotatable bonds is 7. The number of esters is 1. The van der Waals surface area contributed by atoms with Crippen molar-refractivity contribution >= 4 is 34.8 Å². The molecular weight excluding hydrogens is 469 g/mol. The summed E-state index contributed by atoms with van der Waals surface area (Å²) in [6.07, 6.45) is 0. The van der Waals surface area contributed by atoms with Crippen molar-refractivity contribution in [2.24, 2.45) is 0 Å². The summed E-state index contributed by atoms with van der Waals surface area (Å²) in [4.78, 5) is 41.0. The molecule has 4 rings (SSSR count). The van der Waals surface area contributed by atoms with Gasteiger partial charge >= 0.3 is 5.97 Å². The quantitative estimate of drug-likeness (QED) is 0.396. The lowest BCUT2D eigenvalue weighted by Crippen LogP contribution is -2.21. The fraction of sp³-hybridized carbons (Fsp3) is 0.130. The first-order valence-electron chi connectivity index (χ1n) is 9.93. The van der Waals surface area contributed by atoms with Crippen LogP contribution in [0.4, 0.5) is 10.1 Å². The van der Waals surface area contributed by atoms with Crippen LogP contribution in [-0.2, 0) is 16.1 Å². The van der Waals surface area contributed by atoms with Crippen LogP contribution < -0.4 is 15.6 Å². The van der Waals surface area contributed by atoms with Crippen molar-refractivity contribution in [3.05, 3.63) is 92.8 Å². The maximum atomic E-state index is 13.6. The summed E-state index contributed by atoms with van der Waals surface area (Å²) in [6, 6.07) is 12.6. The third kappa shape index (κ3) is 5.24. The molecule has 4 aromatic rings. The van der Waals surface area contributed by atoms with Gasteiger partial charge in [0.1, 0.15) is 12.4 Å². The Morgan fingerprint density at radius 1 is 1.18 bits per heavy atom. The number of para-hydroxylation sites is 1. The number of carbonyl (C=O) groups excluding carboxylic acids is 2. The van der Waals surface area contributed by atoms with E-state index in [2.05, 4.69) is 10.3 Å². The fourth-order valence-corrected chi connectivity index (χ4v) is 3.17. The van der Waals surface area contributed by atoms with Gasteiger partial charge in [-0.05, 0) is 37.3 Å². The zero-order chi connectivity index (χ0) is 24.2. The molecule has 174 valence electrons. The van der Waals surface area contributed by atoms with Crippen molar-refractivity contribution in [2.75, 3.05) is 11.9 Å². The maximum absolute atomic E-state index is 13.6. The Morgan fingerprint density at radius 2 is 1.97 bits per heavy atom. The molecule has 34 heavy (non-hydrogen) atoms. The predicted octanol–water partition coefficient (Wildman–Crippen LogP) is 3.76. The molecule has 0 saturated heterocycles. The van der Waals surface area contributed by atoms with E-state index in [0.29, 0.717) is 11.4 Å². The standard InChI is InChI=1S/C23H17ClFN3O6/c1-13-8-20-26-15(10-22(30)28(20)34-13)11-33-23(31)14-6-7-16(24)18(9-14)27-21(29)12-32-19-5-3-2-4-17(19)25/h2-10H,11-12H2,1H3,(H,27,29). The third-order valence-electron chi connectivity index (χ3n) is 4.55. The summed E-state index contributed by atoms with van der Waals surface area (Å²) in [5.74, 6) is -1.49. The van der Waals surface area contributed by atoms with Gasteiger partial charge in [0.2, 0.25) is 0 Å². The molecule has 0 spiro atoms. The molecule has 0 radical (unpaired) electrons. The minimum absolute atomic E-state index is 0.0712. The van der Waals surface area contributed by atoms with Crippen LogP contribution in [0.25, 0.3) is 5.65 Å². The summed E-state index contributed by atoms with van der Waals surface area (Å²) < 4.78 is 30.3. The number of carbonyl (C=O) groups is 2. The highest BCUT2D eigenvalue weighted by atomic mass is 35.5. The Bertz CT molecular complexity index is 1450. The minimum Gasteiger partial charge on any atom is -0.481 e. The van der Waals surface area contributed by atoms with Gasteiger partial charge in [-0.3, -0.25) is 9.59 Å². The number of amides is 1. The molecule has 0 bridgehead atoms. The Labute approximate surface area is 196 Å². The lowest BCUT2D eigenvalue weighted by Gasteiger charge is -2.11. The molecule has 11 heteroatoms. The molecule has 1 amide bonds. The van der Waals surface area contributed by atoms with Crippen molar-refractivity contribution in [3.8, 4) is 5.75 Å². The first kappa shape index (κ1) is 23.0. The smallest absolute Gasteiger partial charge is 0.338 e. The van der Waals surface area contributed by atoms with Crippen LogP contribution in [0.5, 0.6) is 5.75 Å².